The molecule has 0 spiro atoms. The Morgan fingerprint density at radius 2 is 0.771 bits per heavy atom. The van der Waals surface area contributed by atoms with Crippen molar-refractivity contribution in [3.05, 3.63) is 337 Å². The van der Waals surface area contributed by atoms with Gasteiger partial charge in [-0.15, -0.1) is 0 Å². The molecule has 0 atom stereocenters. The van der Waals surface area contributed by atoms with E-state index in [1.165, 1.54) is 77.5 Å². The van der Waals surface area contributed by atoms with Crippen molar-refractivity contribution >= 4 is 84.9 Å². The summed E-state index contributed by atoms with van der Waals surface area (Å²) in [4.78, 5) is 2.15. The van der Waals surface area contributed by atoms with Crippen LogP contribution in [-0.4, -0.2) is 16.0 Å². The van der Waals surface area contributed by atoms with Crippen molar-refractivity contribution in [3.63, 3.8) is 0 Å². The van der Waals surface area contributed by atoms with Gasteiger partial charge in [-0.1, -0.05) is 228 Å². The molecule has 0 saturated heterocycles. The van der Waals surface area contributed by atoms with Crippen LogP contribution in [0, 0.1) is 5.41 Å². The highest BCUT2D eigenvalue weighted by atomic mass is 32.1. The van der Waals surface area contributed by atoms with Gasteiger partial charge in [0.1, 0.15) is 16.9 Å². The SMILES string of the molecule is CC1(C)c2ccccc2-c2ccc(-c3ccc(-c4ccc5c(c4)c4cc(-c6ccc(-c7ccc8c(c7)C(C)(C)c7ccccc7-8)cc6)ccc4n5-c4ccc(C5=CC=C(N(c6ccccc6)c6ccc(-c7ccc8c(c7)oc7ccccc78)cc6)C(=NS)C5=N)cc4)cc3)cc21. The number of hydrogen-bond acceptors (Lipinski definition) is 5. The number of hydrogen-bond donors (Lipinski definition) is 2. The molecule has 0 saturated carbocycles. The summed E-state index contributed by atoms with van der Waals surface area (Å²) in [6, 6.07) is 106. The molecule has 456 valence electrons. The molecule has 18 rings (SSSR count). The lowest BCUT2D eigenvalue weighted by Crippen LogP contribution is -2.30. The topological polar surface area (TPSA) is 57.5 Å². The number of aromatic nitrogens is 1. The lowest BCUT2D eigenvalue weighted by Gasteiger charge is -2.30. The Balaban J connectivity index is 0.687. The minimum Gasteiger partial charge on any atom is -0.456 e. The van der Waals surface area contributed by atoms with E-state index >= 15 is 0 Å². The molecule has 3 aliphatic rings. The number of nitrogens with one attached hydrogen (secondary N) is 1. The van der Waals surface area contributed by atoms with Gasteiger partial charge in [0.05, 0.1) is 22.4 Å². The van der Waals surface area contributed by atoms with E-state index in [1.807, 2.05) is 42.5 Å². The van der Waals surface area contributed by atoms with Crippen LogP contribution < -0.4 is 4.90 Å². The summed E-state index contributed by atoms with van der Waals surface area (Å²) < 4.78 is 13.2. The van der Waals surface area contributed by atoms with Gasteiger partial charge in [0.25, 0.3) is 0 Å². The Bertz CT molecular complexity index is 5610. The van der Waals surface area contributed by atoms with E-state index in [2.05, 4.69) is 315 Å². The van der Waals surface area contributed by atoms with Crippen LogP contribution >= 0.6 is 12.8 Å². The third-order valence-corrected chi connectivity index (χ3v) is 21.0. The number of benzene rings is 13. The average Bonchev–Trinajstić information content (AvgIpc) is 1.56. The molecular formula is C90H64N4OS. The summed E-state index contributed by atoms with van der Waals surface area (Å²) in [5.41, 5.74) is 32.3. The largest absolute Gasteiger partial charge is 0.456 e. The lowest BCUT2D eigenvalue weighted by molar-refractivity contribution is 0.660. The number of allylic oxidation sites excluding steroid dienone is 4. The molecule has 15 aromatic rings. The number of para-hydroxylation sites is 2. The van der Waals surface area contributed by atoms with Crippen molar-refractivity contribution in [1.29, 1.82) is 5.41 Å². The van der Waals surface area contributed by atoms with Crippen molar-refractivity contribution in [2.75, 3.05) is 4.90 Å². The first-order valence-electron chi connectivity index (χ1n) is 33.0. The van der Waals surface area contributed by atoms with Crippen LogP contribution in [0.3, 0.4) is 0 Å². The first-order chi connectivity index (χ1) is 46.9. The number of nitrogens with zero attached hydrogens (tertiary/aromatic N) is 3. The highest BCUT2D eigenvalue weighted by molar-refractivity contribution is 7.79. The highest BCUT2D eigenvalue weighted by Crippen LogP contribution is 2.52. The van der Waals surface area contributed by atoms with E-state index in [1.54, 1.807) is 0 Å². The third-order valence-electron chi connectivity index (χ3n) is 20.8. The van der Waals surface area contributed by atoms with Crippen molar-refractivity contribution in [2.24, 2.45) is 4.40 Å². The molecular weight excluding hydrogens is 1190 g/mol. The van der Waals surface area contributed by atoms with E-state index in [-0.39, 0.29) is 16.5 Å². The average molecular weight is 1250 g/mol. The van der Waals surface area contributed by atoms with Crippen LogP contribution in [0.1, 0.15) is 55.5 Å². The first kappa shape index (κ1) is 57.1. The maximum atomic E-state index is 9.84. The Morgan fingerprint density at radius 3 is 1.32 bits per heavy atom. The molecule has 1 N–H and O–H groups in total. The van der Waals surface area contributed by atoms with Gasteiger partial charge in [-0.25, -0.2) is 4.40 Å². The molecule has 5 nitrogen and oxygen atoms in total. The molecule has 0 fully saturated rings. The van der Waals surface area contributed by atoms with Crippen LogP contribution in [0.2, 0.25) is 0 Å². The molecule has 0 radical (unpaired) electrons. The molecule has 2 aromatic heterocycles. The summed E-state index contributed by atoms with van der Waals surface area (Å²) in [6.07, 6.45) is 4.11. The zero-order chi connectivity index (χ0) is 64.6. The zero-order valence-corrected chi connectivity index (χ0v) is 54.5. The summed E-state index contributed by atoms with van der Waals surface area (Å²) in [7, 11) is 0. The second-order valence-electron chi connectivity index (χ2n) is 26.8. The number of thiol groups is 1. The van der Waals surface area contributed by atoms with E-state index in [0.29, 0.717) is 5.71 Å². The fourth-order valence-corrected chi connectivity index (χ4v) is 15.9. The highest BCUT2D eigenvalue weighted by Gasteiger charge is 2.37. The molecule has 96 heavy (non-hydrogen) atoms. The van der Waals surface area contributed by atoms with Gasteiger partial charge in [0.2, 0.25) is 0 Å². The van der Waals surface area contributed by atoms with E-state index in [0.717, 1.165) is 100 Å². The van der Waals surface area contributed by atoms with Crippen LogP contribution in [0.15, 0.2) is 318 Å². The monoisotopic (exact) mass is 1250 g/mol. The lowest BCUT2D eigenvalue weighted by atomic mass is 9.81. The maximum absolute atomic E-state index is 9.84. The molecule has 6 heteroatoms. The molecule has 3 aliphatic carbocycles. The number of anilines is 2. The molecule has 0 bridgehead atoms. The van der Waals surface area contributed by atoms with Gasteiger partial charge in [0, 0.05) is 55.0 Å². The maximum Gasteiger partial charge on any atom is 0.136 e. The first-order valence-corrected chi connectivity index (χ1v) is 33.4. The minimum atomic E-state index is -0.0702. The van der Waals surface area contributed by atoms with Crippen LogP contribution in [-0.2, 0) is 10.8 Å². The summed E-state index contributed by atoms with van der Waals surface area (Å²) in [5, 5.41) is 14.4. The van der Waals surface area contributed by atoms with Gasteiger partial charge in [0.15, 0.2) is 0 Å². The fourth-order valence-electron chi connectivity index (χ4n) is 15.7. The Kier molecular flexibility index (Phi) is 13.1. The van der Waals surface area contributed by atoms with Gasteiger partial charge in [-0.05, 0) is 222 Å². The van der Waals surface area contributed by atoms with Gasteiger partial charge in [-0.2, -0.15) is 0 Å². The third kappa shape index (κ3) is 9.07. The fraction of sp³-hybridized carbons (Fsp3) is 0.0667. The molecule has 0 unspecified atom stereocenters. The van der Waals surface area contributed by atoms with Gasteiger partial charge in [-0.3, -0.25) is 5.41 Å². The minimum absolute atomic E-state index is 0.0702. The van der Waals surface area contributed by atoms with Crippen molar-refractivity contribution in [2.45, 2.75) is 38.5 Å². The van der Waals surface area contributed by atoms with Crippen molar-refractivity contribution < 1.29 is 4.42 Å². The van der Waals surface area contributed by atoms with E-state index in [9.17, 15) is 5.41 Å². The summed E-state index contributed by atoms with van der Waals surface area (Å²) in [5.74, 6) is 0. The second kappa shape index (κ2) is 22.0. The van der Waals surface area contributed by atoms with E-state index in [4.69, 9.17) is 4.42 Å². The van der Waals surface area contributed by atoms with Crippen molar-refractivity contribution in [1.82, 2.24) is 4.57 Å². The van der Waals surface area contributed by atoms with Crippen LogP contribution in [0.25, 0.3) is 133 Å². The summed E-state index contributed by atoms with van der Waals surface area (Å²) >= 11 is 4.58. The van der Waals surface area contributed by atoms with Gasteiger partial charge < -0.3 is 13.9 Å². The van der Waals surface area contributed by atoms with Crippen LogP contribution in [0.4, 0.5) is 11.4 Å². The number of rotatable bonds is 10. The summed E-state index contributed by atoms with van der Waals surface area (Å²) in [6.45, 7) is 9.38. The zero-order valence-electron chi connectivity index (χ0n) is 53.6. The second-order valence-corrected chi connectivity index (χ2v) is 27.0. The molecule has 13 aromatic carbocycles. The quantitative estimate of drug-likeness (QED) is 0.106. The molecule has 0 amide bonds. The van der Waals surface area contributed by atoms with Gasteiger partial charge >= 0.3 is 0 Å². The van der Waals surface area contributed by atoms with Crippen molar-refractivity contribution in [3.8, 4) is 83.6 Å². The standard InChI is InChI=1S/C90H64N4OS/c1-89(2)78-19-11-8-16-70(78)72-43-34-63(52-80(72)89)57-26-22-55(23-27-57)61-37-47-82-76(50-61)77-51-62(56-24-28-58(29-25-56)64-35-44-73-71-17-9-12-20-79(71)90(3,4)81(73)53-64)38-48-83(77)94(82)68-41-32-60(33-42-68)69-46-49-84(88(92-96)87(69)91)93(66-14-6-5-7-15-66)67-39-30-59(31-40-67)65-36-45-75-74-18-10-13-21-85(74)95-86(75)54-65/h5-54,91,96H,1-4H3. The smallest absolute Gasteiger partial charge is 0.136 e. The predicted octanol–water partition coefficient (Wildman–Crippen LogP) is 24.1. The Labute approximate surface area is 564 Å². The Morgan fingerprint density at radius 1 is 0.354 bits per heavy atom. The predicted molar refractivity (Wildman–Crippen MR) is 406 cm³/mol. The van der Waals surface area contributed by atoms with Crippen LogP contribution in [0.5, 0.6) is 0 Å². The normalized spacial score (nSPS) is 14.6. The molecule has 0 aliphatic heterocycles. The van der Waals surface area contributed by atoms with E-state index < -0.39 is 0 Å². The number of furan rings is 1. The molecule has 2 heterocycles. The Hall–Kier alpha value is -11.6. The number of fused-ring (bicyclic) bond motifs is 12.